The summed E-state index contributed by atoms with van der Waals surface area (Å²) in [7, 11) is 0. The van der Waals surface area contributed by atoms with E-state index in [1.54, 1.807) is 4.90 Å². The predicted octanol–water partition coefficient (Wildman–Crippen LogP) is 0.372. The zero-order valence-corrected chi connectivity index (χ0v) is 10.9. The molecule has 0 spiro atoms. The van der Waals surface area contributed by atoms with Crippen molar-refractivity contribution < 1.29 is 9.59 Å². The minimum Gasteiger partial charge on any atom is -0.368 e. The van der Waals surface area contributed by atoms with E-state index in [0.29, 0.717) is 6.54 Å². The highest BCUT2D eigenvalue weighted by Crippen LogP contribution is 2.42. The molecule has 0 atom stereocenters. The Morgan fingerprint density at radius 2 is 1.78 bits per heavy atom. The molecule has 0 unspecified atom stereocenters. The molecule has 4 N–H and O–H groups in total. The monoisotopic (exact) mass is 253 g/mol. The Morgan fingerprint density at radius 1 is 1.17 bits per heavy atom. The van der Waals surface area contributed by atoms with Gasteiger partial charge >= 0.3 is 0 Å². The van der Waals surface area contributed by atoms with Gasteiger partial charge in [0.25, 0.3) is 0 Å². The number of hydrogen-bond acceptors (Lipinski definition) is 3. The average Bonchev–Trinajstić information content (AvgIpc) is 2.77. The van der Waals surface area contributed by atoms with Gasteiger partial charge in [-0.1, -0.05) is 19.3 Å². The quantitative estimate of drug-likeness (QED) is 0.742. The fourth-order valence-electron chi connectivity index (χ4n) is 3.16. The van der Waals surface area contributed by atoms with Crippen LogP contribution in [0.5, 0.6) is 0 Å². The van der Waals surface area contributed by atoms with Crippen molar-refractivity contribution >= 4 is 11.8 Å². The number of primary amides is 1. The maximum Gasteiger partial charge on any atom is 0.237 e. The van der Waals surface area contributed by atoms with Gasteiger partial charge in [-0.25, -0.2) is 0 Å². The van der Waals surface area contributed by atoms with E-state index in [-0.39, 0.29) is 18.5 Å². The molecule has 2 saturated carbocycles. The van der Waals surface area contributed by atoms with Gasteiger partial charge in [0, 0.05) is 12.6 Å². The molecule has 0 saturated heterocycles. The summed E-state index contributed by atoms with van der Waals surface area (Å²) < 4.78 is 0. The first kappa shape index (κ1) is 13.3. The molecule has 0 bridgehead atoms. The van der Waals surface area contributed by atoms with Crippen molar-refractivity contribution in [2.45, 2.75) is 51.0 Å². The zero-order valence-electron chi connectivity index (χ0n) is 10.9. The third-order valence-electron chi connectivity index (χ3n) is 4.51. The molecular formula is C13H23N3O2. The van der Waals surface area contributed by atoms with Crippen LogP contribution in [-0.4, -0.2) is 35.8 Å². The Morgan fingerprint density at radius 3 is 2.17 bits per heavy atom. The molecule has 0 aromatic rings. The zero-order chi connectivity index (χ0) is 13.2. The van der Waals surface area contributed by atoms with E-state index in [1.165, 1.54) is 0 Å². The number of carbonyl (C=O) groups excluding carboxylic acids is 2. The first-order valence-corrected chi connectivity index (χ1v) is 6.88. The molecule has 2 fully saturated rings. The fourth-order valence-corrected chi connectivity index (χ4v) is 3.16. The minimum atomic E-state index is -0.429. The molecule has 18 heavy (non-hydrogen) atoms. The molecule has 2 rings (SSSR count). The second kappa shape index (κ2) is 5.26. The van der Waals surface area contributed by atoms with Crippen LogP contribution >= 0.6 is 0 Å². The number of nitrogens with two attached hydrogens (primary N) is 2. The van der Waals surface area contributed by atoms with Gasteiger partial charge in [-0.2, -0.15) is 0 Å². The van der Waals surface area contributed by atoms with E-state index < -0.39 is 11.3 Å². The summed E-state index contributed by atoms with van der Waals surface area (Å²) in [6.07, 6.45) is 6.98. The molecule has 2 aliphatic rings. The summed E-state index contributed by atoms with van der Waals surface area (Å²) in [5.74, 6) is -0.372. The van der Waals surface area contributed by atoms with Crippen molar-refractivity contribution in [1.29, 1.82) is 0 Å². The van der Waals surface area contributed by atoms with Gasteiger partial charge in [-0.15, -0.1) is 0 Å². The smallest absolute Gasteiger partial charge is 0.237 e. The second-order valence-electron chi connectivity index (χ2n) is 5.68. The number of hydrogen-bond donors (Lipinski definition) is 2. The number of carbonyl (C=O) groups is 2. The van der Waals surface area contributed by atoms with Gasteiger partial charge < -0.3 is 16.4 Å². The Hall–Kier alpha value is -1.10. The first-order valence-electron chi connectivity index (χ1n) is 6.88. The van der Waals surface area contributed by atoms with Crippen LogP contribution in [0.4, 0.5) is 0 Å². The van der Waals surface area contributed by atoms with Crippen molar-refractivity contribution in [2.24, 2.45) is 16.9 Å². The summed E-state index contributed by atoms with van der Waals surface area (Å²) in [4.78, 5) is 25.5. The van der Waals surface area contributed by atoms with Gasteiger partial charge in [-0.3, -0.25) is 9.59 Å². The van der Waals surface area contributed by atoms with Crippen LogP contribution in [0.3, 0.4) is 0 Å². The normalized spacial score (nSPS) is 22.5. The standard InChI is InChI=1S/C13H23N3O2/c14-9-13(6-3-7-13)12(18)16(8-11(15)17)10-4-1-2-5-10/h10H,1-9,14H2,(H2,15,17). The molecule has 102 valence electrons. The van der Waals surface area contributed by atoms with E-state index in [9.17, 15) is 9.59 Å². The van der Waals surface area contributed by atoms with Crippen LogP contribution in [0, 0.1) is 5.41 Å². The third-order valence-corrected chi connectivity index (χ3v) is 4.51. The lowest BCUT2D eigenvalue weighted by Crippen LogP contribution is -2.56. The van der Waals surface area contributed by atoms with E-state index in [0.717, 1.165) is 44.9 Å². The van der Waals surface area contributed by atoms with E-state index in [4.69, 9.17) is 11.5 Å². The van der Waals surface area contributed by atoms with Crippen molar-refractivity contribution in [3.05, 3.63) is 0 Å². The van der Waals surface area contributed by atoms with Gasteiger partial charge in [0.1, 0.15) is 0 Å². The van der Waals surface area contributed by atoms with Gasteiger partial charge in [0.15, 0.2) is 0 Å². The molecule has 0 aromatic carbocycles. The summed E-state index contributed by atoms with van der Waals surface area (Å²) in [5, 5.41) is 0. The maximum absolute atomic E-state index is 12.6. The predicted molar refractivity (Wildman–Crippen MR) is 68.5 cm³/mol. The topological polar surface area (TPSA) is 89.4 Å². The van der Waals surface area contributed by atoms with Crippen molar-refractivity contribution in [1.82, 2.24) is 4.90 Å². The Balaban J connectivity index is 2.11. The summed E-state index contributed by atoms with van der Waals surface area (Å²) in [6.45, 7) is 0.430. The second-order valence-corrected chi connectivity index (χ2v) is 5.68. The van der Waals surface area contributed by atoms with Crippen LogP contribution < -0.4 is 11.5 Å². The molecule has 5 nitrogen and oxygen atoms in total. The summed E-state index contributed by atoms with van der Waals surface area (Å²) in [5.41, 5.74) is 10.6. The van der Waals surface area contributed by atoms with Crippen LogP contribution in [0.2, 0.25) is 0 Å². The van der Waals surface area contributed by atoms with E-state index >= 15 is 0 Å². The lowest BCUT2D eigenvalue weighted by atomic mass is 9.67. The maximum atomic E-state index is 12.6. The van der Waals surface area contributed by atoms with Crippen molar-refractivity contribution in [2.75, 3.05) is 13.1 Å². The molecule has 5 heteroatoms. The van der Waals surface area contributed by atoms with Gasteiger partial charge in [-0.05, 0) is 25.7 Å². The Bertz CT molecular complexity index is 328. The van der Waals surface area contributed by atoms with Crippen molar-refractivity contribution in [3.63, 3.8) is 0 Å². The highest BCUT2D eigenvalue weighted by Gasteiger charge is 2.46. The molecule has 2 aliphatic carbocycles. The SMILES string of the molecule is NCC1(C(=O)N(CC(N)=O)C2CCCC2)CCC1. The van der Waals surface area contributed by atoms with Gasteiger partial charge in [0.2, 0.25) is 11.8 Å². The molecular weight excluding hydrogens is 230 g/mol. The average molecular weight is 253 g/mol. The first-order chi connectivity index (χ1) is 8.59. The highest BCUT2D eigenvalue weighted by atomic mass is 16.2. The third kappa shape index (κ3) is 2.36. The van der Waals surface area contributed by atoms with Crippen LogP contribution in [0.15, 0.2) is 0 Å². The van der Waals surface area contributed by atoms with Crippen molar-refractivity contribution in [3.8, 4) is 0 Å². The molecule has 0 aliphatic heterocycles. The largest absolute Gasteiger partial charge is 0.368 e. The van der Waals surface area contributed by atoms with Crippen LogP contribution in [-0.2, 0) is 9.59 Å². The lowest BCUT2D eigenvalue weighted by molar-refractivity contribution is -0.151. The van der Waals surface area contributed by atoms with Crippen LogP contribution in [0.1, 0.15) is 44.9 Å². The summed E-state index contributed by atoms with van der Waals surface area (Å²) >= 11 is 0. The summed E-state index contributed by atoms with van der Waals surface area (Å²) in [6, 6.07) is 0.189. The van der Waals surface area contributed by atoms with Crippen LogP contribution in [0.25, 0.3) is 0 Å². The molecule has 2 amide bonds. The minimum absolute atomic E-state index is 0.0469. The number of nitrogens with zero attached hydrogens (tertiary/aromatic N) is 1. The number of rotatable bonds is 5. The molecule has 0 aromatic heterocycles. The fraction of sp³-hybridized carbons (Fsp3) is 0.846. The van der Waals surface area contributed by atoms with Gasteiger partial charge in [0.05, 0.1) is 12.0 Å². The lowest BCUT2D eigenvalue weighted by Gasteiger charge is -2.44. The Labute approximate surface area is 108 Å². The Kier molecular flexibility index (Phi) is 3.90. The highest BCUT2D eigenvalue weighted by molar-refractivity contribution is 5.88. The number of amides is 2. The molecule has 0 radical (unpaired) electrons. The van der Waals surface area contributed by atoms with E-state index in [2.05, 4.69) is 0 Å². The molecule has 0 heterocycles. The van der Waals surface area contributed by atoms with E-state index in [1.807, 2.05) is 0 Å².